The van der Waals surface area contributed by atoms with E-state index in [1.807, 2.05) is 85.8 Å². The smallest absolute Gasteiger partial charge is 0.319 e. The van der Waals surface area contributed by atoms with Gasteiger partial charge < -0.3 is 5.32 Å². The highest BCUT2D eigenvalue weighted by molar-refractivity contribution is 6.12. The van der Waals surface area contributed by atoms with Gasteiger partial charge >= 0.3 is 6.03 Å². The Bertz CT molecular complexity index is 1190. The van der Waals surface area contributed by atoms with Gasteiger partial charge in [0.2, 0.25) is 0 Å². The number of aryl methyl sites for hydroxylation is 2. The Morgan fingerprint density at radius 1 is 0.848 bits per heavy atom. The number of urea groups is 1. The number of carbonyl (C=O) groups is 3. The lowest BCUT2D eigenvalue weighted by Crippen LogP contribution is -2.45. The van der Waals surface area contributed by atoms with E-state index < -0.39 is 17.5 Å². The Balaban J connectivity index is 1.51. The number of amides is 4. The zero-order valence-corrected chi connectivity index (χ0v) is 18.5. The van der Waals surface area contributed by atoms with Gasteiger partial charge in [-0.05, 0) is 48.1 Å². The van der Waals surface area contributed by atoms with Crippen LogP contribution in [0.1, 0.15) is 30.0 Å². The van der Waals surface area contributed by atoms with Gasteiger partial charge in [0.15, 0.2) is 0 Å². The molecule has 1 fully saturated rings. The van der Waals surface area contributed by atoms with E-state index in [1.165, 1.54) is 0 Å². The molecule has 5 rings (SSSR count). The zero-order valence-electron chi connectivity index (χ0n) is 18.5. The minimum absolute atomic E-state index is 0.319. The highest BCUT2D eigenvalue weighted by atomic mass is 16.2. The number of fused-ring (bicyclic) bond motifs is 2. The summed E-state index contributed by atoms with van der Waals surface area (Å²) in [6.45, 7) is 1.53. The van der Waals surface area contributed by atoms with Gasteiger partial charge in [-0.2, -0.15) is 0 Å². The van der Waals surface area contributed by atoms with E-state index >= 15 is 0 Å². The van der Waals surface area contributed by atoms with E-state index in [1.54, 1.807) is 4.90 Å². The first kappa shape index (κ1) is 20.9. The number of rotatable bonds is 4. The van der Waals surface area contributed by atoms with Gasteiger partial charge in [-0.15, -0.1) is 0 Å². The third kappa shape index (κ3) is 3.39. The van der Waals surface area contributed by atoms with Gasteiger partial charge in [-0.1, -0.05) is 73.7 Å². The summed E-state index contributed by atoms with van der Waals surface area (Å²) in [6.07, 6.45) is 2.02. The molecule has 0 bridgehead atoms. The SMILES string of the molecule is CCC1(c2ccccc2)NC(=O)N(CC(=O)N2c3ccccc3CCc3ccccc32)C1=O. The van der Waals surface area contributed by atoms with Crippen molar-refractivity contribution in [3.05, 3.63) is 95.6 Å². The number of imide groups is 1. The van der Waals surface area contributed by atoms with Crippen molar-refractivity contribution in [2.45, 2.75) is 31.7 Å². The summed E-state index contributed by atoms with van der Waals surface area (Å²) in [6, 6.07) is 24.3. The molecule has 1 saturated heterocycles. The van der Waals surface area contributed by atoms with Crippen molar-refractivity contribution in [1.29, 1.82) is 0 Å². The Labute approximate surface area is 192 Å². The number of carbonyl (C=O) groups excluding carboxylic acids is 3. The normalized spacial score (nSPS) is 19.5. The molecule has 1 unspecified atom stereocenters. The average molecular weight is 440 g/mol. The highest BCUT2D eigenvalue weighted by Gasteiger charge is 2.52. The molecule has 2 aliphatic heterocycles. The second-order valence-corrected chi connectivity index (χ2v) is 8.43. The fourth-order valence-corrected chi connectivity index (χ4v) is 4.89. The van der Waals surface area contributed by atoms with Crippen molar-refractivity contribution >= 4 is 29.2 Å². The Hall–Kier alpha value is -3.93. The van der Waals surface area contributed by atoms with Crippen LogP contribution in [0.4, 0.5) is 16.2 Å². The maximum absolute atomic E-state index is 13.7. The van der Waals surface area contributed by atoms with Gasteiger partial charge in [0, 0.05) is 0 Å². The molecule has 3 aromatic carbocycles. The van der Waals surface area contributed by atoms with Gasteiger partial charge in [0.1, 0.15) is 12.1 Å². The molecule has 3 aromatic rings. The topological polar surface area (TPSA) is 69.7 Å². The van der Waals surface area contributed by atoms with E-state index in [4.69, 9.17) is 0 Å². The van der Waals surface area contributed by atoms with Crippen LogP contribution < -0.4 is 10.2 Å². The second-order valence-electron chi connectivity index (χ2n) is 8.43. The number of nitrogens with one attached hydrogen (secondary N) is 1. The lowest BCUT2D eigenvalue weighted by molar-refractivity contribution is -0.134. The van der Waals surface area contributed by atoms with Crippen LogP contribution in [0, 0.1) is 0 Å². The van der Waals surface area contributed by atoms with Gasteiger partial charge in [-0.25, -0.2) is 4.79 Å². The van der Waals surface area contributed by atoms with Crippen LogP contribution in [0.3, 0.4) is 0 Å². The van der Waals surface area contributed by atoms with Gasteiger partial charge in [0.25, 0.3) is 11.8 Å². The molecule has 0 radical (unpaired) electrons. The summed E-state index contributed by atoms with van der Waals surface area (Å²) >= 11 is 0. The van der Waals surface area contributed by atoms with E-state index in [-0.39, 0.29) is 12.5 Å². The molecule has 0 aromatic heterocycles. The summed E-state index contributed by atoms with van der Waals surface area (Å²) in [4.78, 5) is 42.9. The van der Waals surface area contributed by atoms with Crippen LogP contribution in [0.5, 0.6) is 0 Å². The Morgan fingerprint density at radius 3 is 1.97 bits per heavy atom. The third-order valence-electron chi connectivity index (χ3n) is 6.64. The van der Waals surface area contributed by atoms with Crippen LogP contribution in [-0.4, -0.2) is 29.3 Å². The minimum Gasteiger partial charge on any atom is -0.319 e. The molecule has 1 N–H and O–H groups in total. The number of nitrogens with zero attached hydrogens (tertiary/aromatic N) is 2. The predicted octanol–water partition coefficient (Wildman–Crippen LogP) is 4.31. The number of anilines is 2. The number of para-hydroxylation sites is 2. The molecule has 6 nitrogen and oxygen atoms in total. The van der Waals surface area contributed by atoms with Crippen LogP contribution in [0.2, 0.25) is 0 Å². The first-order valence-electron chi connectivity index (χ1n) is 11.2. The van der Waals surface area contributed by atoms with Crippen molar-refractivity contribution in [1.82, 2.24) is 10.2 Å². The highest BCUT2D eigenvalue weighted by Crippen LogP contribution is 2.37. The number of hydrogen-bond acceptors (Lipinski definition) is 3. The monoisotopic (exact) mass is 439 g/mol. The average Bonchev–Trinajstić information content (AvgIpc) is 2.99. The second kappa shape index (κ2) is 8.20. The zero-order chi connectivity index (χ0) is 23.0. The van der Waals surface area contributed by atoms with Crippen LogP contribution in [0.15, 0.2) is 78.9 Å². The summed E-state index contributed by atoms with van der Waals surface area (Å²) in [5.41, 5.74) is 3.27. The van der Waals surface area contributed by atoms with Crippen molar-refractivity contribution in [3.8, 4) is 0 Å². The number of hydrogen-bond donors (Lipinski definition) is 1. The third-order valence-corrected chi connectivity index (χ3v) is 6.64. The van der Waals surface area contributed by atoms with Gasteiger partial charge in [-0.3, -0.25) is 19.4 Å². The molecule has 2 heterocycles. The largest absolute Gasteiger partial charge is 0.325 e. The summed E-state index contributed by atoms with van der Waals surface area (Å²) in [5, 5.41) is 2.86. The van der Waals surface area contributed by atoms with E-state index in [2.05, 4.69) is 5.32 Å². The molecule has 6 heteroatoms. The molecule has 0 saturated carbocycles. The van der Waals surface area contributed by atoms with E-state index in [9.17, 15) is 14.4 Å². The Kier molecular flexibility index (Phi) is 5.21. The van der Waals surface area contributed by atoms with E-state index in [0.717, 1.165) is 40.2 Å². The molecule has 2 aliphatic rings. The van der Waals surface area contributed by atoms with Gasteiger partial charge in [0.05, 0.1) is 11.4 Å². The fourth-order valence-electron chi connectivity index (χ4n) is 4.89. The Morgan fingerprint density at radius 2 is 1.39 bits per heavy atom. The lowest BCUT2D eigenvalue weighted by atomic mass is 9.87. The molecule has 33 heavy (non-hydrogen) atoms. The van der Waals surface area contributed by atoms with Crippen molar-refractivity contribution in [3.63, 3.8) is 0 Å². The standard InChI is InChI=1S/C27H25N3O3/c1-2-27(21-12-4-3-5-13-21)25(32)29(26(33)28-27)18-24(31)30-22-14-8-6-10-19(22)16-17-20-11-7-9-15-23(20)30/h3-15H,2,16-18H2,1H3,(H,28,33). The molecular formula is C27H25N3O3. The maximum atomic E-state index is 13.7. The van der Waals surface area contributed by atoms with Crippen LogP contribution >= 0.6 is 0 Å². The van der Waals surface area contributed by atoms with Crippen molar-refractivity contribution in [2.24, 2.45) is 0 Å². The summed E-state index contributed by atoms with van der Waals surface area (Å²) < 4.78 is 0. The van der Waals surface area contributed by atoms with Crippen molar-refractivity contribution < 1.29 is 14.4 Å². The number of benzene rings is 3. The fraction of sp³-hybridized carbons (Fsp3) is 0.222. The molecule has 0 spiro atoms. The summed E-state index contributed by atoms with van der Waals surface area (Å²) in [5.74, 6) is -0.716. The lowest BCUT2D eigenvalue weighted by Gasteiger charge is -2.28. The summed E-state index contributed by atoms with van der Waals surface area (Å²) in [7, 11) is 0. The first-order valence-corrected chi connectivity index (χ1v) is 11.2. The van der Waals surface area contributed by atoms with E-state index in [0.29, 0.717) is 12.0 Å². The minimum atomic E-state index is -1.16. The van der Waals surface area contributed by atoms with Crippen LogP contribution in [-0.2, 0) is 28.0 Å². The maximum Gasteiger partial charge on any atom is 0.325 e. The molecule has 166 valence electrons. The first-order chi connectivity index (χ1) is 16.0. The predicted molar refractivity (Wildman–Crippen MR) is 126 cm³/mol. The quantitative estimate of drug-likeness (QED) is 0.616. The van der Waals surface area contributed by atoms with Crippen molar-refractivity contribution in [2.75, 3.05) is 11.4 Å². The molecule has 1 atom stereocenters. The molecule has 0 aliphatic carbocycles. The molecule has 4 amide bonds. The van der Waals surface area contributed by atoms with Crippen LogP contribution in [0.25, 0.3) is 0 Å². The molecular weight excluding hydrogens is 414 g/mol.